The number of halogens is 1. The molecule has 0 bridgehead atoms. The second kappa shape index (κ2) is 9.94. The Hall–Kier alpha value is -3.88. The predicted molar refractivity (Wildman–Crippen MR) is 127 cm³/mol. The number of carbonyl (C=O) groups is 2. The van der Waals surface area contributed by atoms with Crippen LogP contribution in [0.4, 0.5) is 15.9 Å². The van der Waals surface area contributed by atoms with Gasteiger partial charge >= 0.3 is 0 Å². The maximum Gasteiger partial charge on any atom is 0.251 e. The van der Waals surface area contributed by atoms with Crippen molar-refractivity contribution in [2.45, 2.75) is 38.6 Å². The fourth-order valence-electron chi connectivity index (χ4n) is 4.22. The van der Waals surface area contributed by atoms with Crippen LogP contribution in [0.2, 0.25) is 0 Å². The Morgan fingerprint density at radius 3 is 2.68 bits per heavy atom. The van der Waals surface area contributed by atoms with Crippen molar-refractivity contribution in [2.24, 2.45) is 0 Å². The van der Waals surface area contributed by atoms with E-state index in [2.05, 4.69) is 15.6 Å². The van der Waals surface area contributed by atoms with Crippen molar-refractivity contribution in [3.8, 4) is 11.3 Å². The zero-order chi connectivity index (χ0) is 24.2. The lowest BCUT2D eigenvalue weighted by atomic mass is 9.92. The highest BCUT2D eigenvalue weighted by atomic mass is 19.1. The Kier molecular flexibility index (Phi) is 6.81. The van der Waals surface area contributed by atoms with E-state index in [1.54, 1.807) is 31.5 Å². The monoisotopic (exact) mass is 462 g/mol. The van der Waals surface area contributed by atoms with E-state index < -0.39 is 5.82 Å². The van der Waals surface area contributed by atoms with Gasteiger partial charge in [-0.3, -0.25) is 14.6 Å². The lowest BCUT2D eigenvalue weighted by Gasteiger charge is -2.37. The maximum atomic E-state index is 14.2. The third-order valence-corrected chi connectivity index (χ3v) is 6.01. The molecule has 2 atom stereocenters. The number of aromatic nitrogens is 3. The van der Waals surface area contributed by atoms with Gasteiger partial charge in [-0.25, -0.2) is 14.4 Å². The largest absolute Gasteiger partial charge is 0.355 e. The number of hydrogen-bond acceptors (Lipinski definition) is 6. The molecule has 0 saturated carbocycles. The summed E-state index contributed by atoms with van der Waals surface area (Å²) in [5, 5.41) is 5.63. The minimum Gasteiger partial charge on any atom is -0.355 e. The van der Waals surface area contributed by atoms with Gasteiger partial charge < -0.3 is 15.5 Å². The molecule has 1 aliphatic rings. The third-order valence-electron chi connectivity index (χ3n) is 6.01. The zero-order valence-corrected chi connectivity index (χ0v) is 19.4. The number of piperidine rings is 1. The molecule has 0 aliphatic carbocycles. The van der Waals surface area contributed by atoms with Crippen LogP contribution in [0.15, 0.2) is 48.8 Å². The predicted octanol–water partition coefficient (Wildman–Crippen LogP) is 3.90. The Labute approximate surface area is 197 Å². The number of benzene rings is 1. The van der Waals surface area contributed by atoms with Gasteiger partial charge in [-0.1, -0.05) is 0 Å². The van der Waals surface area contributed by atoms with Gasteiger partial charge in [0.2, 0.25) is 5.91 Å². The molecule has 0 spiro atoms. The van der Waals surface area contributed by atoms with E-state index in [4.69, 9.17) is 9.97 Å². The lowest BCUT2D eigenvalue weighted by Crippen LogP contribution is -2.44. The highest BCUT2D eigenvalue weighted by Crippen LogP contribution is 2.31. The number of pyridine rings is 1. The van der Waals surface area contributed by atoms with E-state index in [0.717, 1.165) is 18.4 Å². The van der Waals surface area contributed by atoms with Crippen LogP contribution in [0.1, 0.15) is 48.8 Å². The van der Waals surface area contributed by atoms with Crippen molar-refractivity contribution in [1.29, 1.82) is 0 Å². The molecular weight excluding hydrogens is 435 g/mol. The number of anilines is 2. The molecule has 1 fully saturated rings. The van der Waals surface area contributed by atoms with E-state index in [9.17, 15) is 14.0 Å². The maximum absolute atomic E-state index is 14.2. The summed E-state index contributed by atoms with van der Waals surface area (Å²) in [7, 11) is 1.49. The molecule has 0 radical (unpaired) electrons. The average molecular weight is 463 g/mol. The minimum atomic E-state index is -0.538. The quantitative estimate of drug-likeness (QED) is 0.597. The molecule has 1 aromatic carbocycles. The number of likely N-dealkylation sites (tertiary alicyclic amines) is 1. The summed E-state index contributed by atoms with van der Waals surface area (Å²) in [5.74, 6) is 0.133. The number of amides is 2. The van der Waals surface area contributed by atoms with E-state index >= 15 is 0 Å². The van der Waals surface area contributed by atoms with Crippen LogP contribution >= 0.6 is 0 Å². The summed E-state index contributed by atoms with van der Waals surface area (Å²) in [5.41, 5.74) is 2.07. The molecule has 4 rings (SSSR count). The van der Waals surface area contributed by atoms with E-state index in [0.29, 0.717) is 29.6 Å². The van der Waals surface area contributed by atoms with Crippen LogP contribution in [-0.2, 0) is 4.79 Å². The first-order valence-corrected chi connectivity index (χ1v) is 11.2. The molecular formula is C25H27FN6O2. The van der Waals surface area contributed by atoms with Crippen molar-refractivity contribution < 1.29 is 14.0 Å². The summed E-state index contributed by atoms with van der Waals surface area (Å²) in [6.45, 7) is 4.16. The van der Waals surface area contributed by atoms with Gasteiger partial charge in [0.05, 0.1) is 5.69 Å². The van der Waals surface area contributed by atoms with Gasteiger partial charge in [0.1, 0.15) is 17.5 Å². The van der Waals surface area contributed by atoms with Gasteiger partial charge in [0, 0.05) is 67.8 Å². The molecule has 8 nitrogen and oxygen atoms in total. The van der Waals surface area contributed by atoms with Crippen LogP contribution in [0.25, 0.3) is 11.3 Å². The van der Waals surface area contributed by atoms with E-state index in [1.165, 1.54) is 19.2 Å². The average Bonchev–Trinajstić information content (AvgIpc) is 2.83. The molecule has 176 valence electrons. The molecule has 1 aliphatic heterocycles. The normalized spacial score (nSPS) is 17.8. The first kappa shape index (κ1) is 23.3. The number of rotatable bonds is 5. The van der Waals surface area contributed by atoms with Gasteiger partial charge in [-0.05, 0) is 50.1 Å². The van der Waals surface area contributed by atoms with Crippen LogP contribution in [0.3, 0.4) is 0 Å². The van der Waals surface area contributed by atoms with Crippen LogP contribution in [0, 0.1) is 5.82 Å². The molecule has 3 heterocycles. The topological polar surface area (TPSA) is 100 Å². The van der Waals surface area contributed by atoms with Crippen LogP contribution in [-0.4, -0.2) is 51.3 Å². The molecule has 2 N–H and O–H groups in total. The standard InChI is InChI=1S/C25H27FN6O2/c1-15-6-7-18(14-32(15)16(2)33)24-30-22(17-5-4-8-28-13-17)12-23(31-24)29-21-10-19(25(34)27-3)9-20(26)11-21/h4-5,8-13,15,18H,6-7,14H2,1-3H3,(H,27,34)(H,29,30,31)/t15-,18+/m0/s1. The molecule has 2 aromatic heterocycles. The summed E-state index contributed by atoms with van der Waals surface area (Å²) in [6.07, 6.45) is 5.10. The Bertz CT molecular complexity index is 1200. The lowest BCUT2D eigenvalue weighted by molar-refractivity contribution is -0.132. The zero-order valence-electron chi connectivity index (χ0n) is 19.4. The summed E-state index contributed by atoms with van der Waals surface area (Å²) in [4.78, 5) is 39.7. The summed E-state index contributed by atoms with van der Waals surface area (Å²) >= 11 is 0. The van der Waals surface area contributed by atoms with Crippen molar-refractivity contribution in [3.63, 3.8) is 0 Å². The number of hydrogen-bond donors (Lipinski definition) is 2. The molecule has 0 unspecified atom stereocenters. The highest BCUT2D eigenvalue weighted by molar-refractivity contribution is 5.95. The van der Waals surface area contributed by atoms with Crippen molar-refractivity contribution in [2.75, 3.05) is 18.9 Å². The highest BCUT2D eigenvalue weighted by Gasteiger charge is 2.30. The number of nitrogens with zero attached hydrogens (tertiary/aromatic N) is 4. The van der Waals surface area contributed by atoms with Crippen molar-refractivity contribution in [3.05, 3.63) is 66.0 Å². The van der Waals surface area contributed by atoms with E-state index in [-0.39, 0.29) is 29.3 Å². The third kappa shape index (κ3) is 5.19. The Morgan fingerprint density at radius 2 is 1.97 bits per heavy atom. The van der Waals surface area contributed by atoms with Gasteiger partial charge in [-0.2, -0.15) is 0 Å². The number of nitrogens with one attached hydrogen (secondary N) is 2. The van der Waals surface area contributed by atoms with Crippen molar-refractivity contribution in [1.82, 2.24) is 25.2 Å². The van der Waals surface area contributed by atoms with Gasteiger partial charge in [0.25, 0.3) is 5.91 Å². The smallest absolute Gasteiger partial charge is 0.251 e. The molecule has 3 aromatic rings. The first-order valence-electron chi connectivity index (χ1n) is 11.2. The fourth-order valence-corrected chi connectivity index (χ4v) is 4.22. The number of carbonyl (C=O) groups excluding carboxylic acids is 2. The van der Waals surface area contributed by atoms with E-state index in [1.807, 2.05) is 24.0 Å². The molecule has 34 heavy (non-hydrogen) atoms. The summed E-state index contributed by atoms with van der Waals surface area (Å²) < 4.78 is 14.2. The molecule has 2 amide bonds. The second-order valence-corrected chi connectivity index (χ2v) is 8.47. The molecule has 1 saturated heterocycles. The first-order chi connectivity index (χ1) is 16.3. The SMILES string of the molecule is CNC(=O)c1cc(F)cc(Nc2cc(-c3cccnc3)nc([C@@H]3CC[C@H](C)N(C(C)=O)C3)n2)c1. The minimum absolute atomic E-state index is 0.0282. The summed E-state index contributed by atoms with van der Waals surface area (Å²) in [6, 6.07) is 9.70. The van der Waals surface area contributed by atoms with Crippen molar-refractivity contribution >= 4 is 23.3 Å². The molecule has 9 heteroatoms. The second-order valence-electron chi connectivity index (χ2n) is 8.47. The van der Waals surface area contributed by atoms with Gasteiger partial charge in [0.15, 0.2) is 0 Å². The van der Waals surface area contributed by atoms with Crippen LogP contribution < -0.4 is 10.6 Å². The Balaban J connectivity index is 1.72. The fraction of sp³-hybridized carbons (Fsp3) is 0.320. The Morgan fingerprint density at radius 1 is 1.15 bits per heavy atom. The van der Waals surface area contributed by atoms with Crippen LogP contribution in [0.5, 0.6) is 0 Å². The van der Waals surface area contributed by atoms with Gasteiger partial charge in [-0.15, -0.1) is 0 Å².